The Morgan fingerprint density at radius 3 is 2.41 bits per heavy atom. The number of rotatable bonds is 6. The number of ketones is 1. The number of aromatic nitrogens is 4. The number of Topliss-reactive ketones (excluding diaryl/α,β-unsaturated/α-hetero) is 1. The monoisotopic (exact) mass is 447 g/mol. The summed E-state index contributed by atoms with van der Waals surface area (Å²) in [6.07, 6.45) is 1.68. The summed E-state index contributed by atoms with van der Waals surface area (Å²) in [5.41, 5.74) is 3.41. The molecule has 3 heterocycles. The normalized spacial score (nSPS) is 11.5. The Morgan fingerprint density at radius 1 is 1.06 bits per heavy atom. The first-order chi connectivity index (χ1) is 15.3. The molecule has 0 atom stereocenters. The molecule has 1 aromatic carbocycles. The topological polar surface area (TPSA) is 89.8 Å². The largest absolute Gasteiger partial charge is 0.298 e. The molecule has 0 unspecified atom stereocenters. The summed E-state index contributed by atoms with van der Waals surface area (Å²) in [4.78, 5) is 35.4. The molecule has 164 valence electrons. The first-order valence-electron chi connectivity index (χ1n) is 10.5. The zero-order chi connectivity index (χ0) is 23.0. The number of carbonyl (C=O) groups excluding carboxylic acids is 2. The molecule has 1 amide bonds. The van der Waals surface area contributed by atoms with Gasteiger partial charge in [0.05, 0.1) is 27.7 Å². The van der Waals surface area contributed by atoms with Crippen LogP contribution < -0.4 is 5.32 Å². The lowest BCUT2D eigenvalue weighted by molar-refractivity contribution is 0.101. The Hall–Kier alpha value is -3.39. The molecule has 7 nitrogen and oxygen atoms in total. The molecule has 0 aliphatic carbocycles. The Morgan fingerprint density at radius 2 is 1.78 bits per heavy atom. The van der Waals surface area contributed by atoms with Crippen molar-refractivity contribution >= 4 is 39.2 Å². The van der Waals surface area contributed by atoms with Crippen molar-refractivity contribution < 1.29 is 9.59 Å². The van der Waals surface area contributed by atoms with Gasteiger partial charge in [0.25, 0.3) is 5.91 Å². The highest BCUT2D eigenvalue weighted by molar-refractivity contribution is 7.18. The molecule has 0 saturated heterocycles. The second-order valence-electron chi connectivity index (χ2n) is 8.24. The molecule has 3 aromatic heterocycles. The number of pyridine rings is 1. The highest BCUT2D eigenvalue weighted by atomic mass is 32.1. The molecule has 0 aliphatic heterocycles. The van der Waals surface area contributed by atoms with E-state index >= 15 is 0 Å². The molecule has 0 radical (unpaired) electrons. The summed E-state index contributed by atoms with van der Waals surface area (Å²) >= 11 is 1.18. The van der Waals surface area contributed by atoms with Crippen LogP contribution in [0.15, 0.2) is 42.6 Å². The fraction of sp³-hybridized carbons (Fsp3) is 0.292. The summed E-state index contributed by atoms with van der Waals surface area (Å²) in [6.45, 7) is 9.64. The number of carbonyl (C=O) groups is 2. The number of hydrogen-bond acceptors (Lipinski definition) is 6. The van der Waals surface area contributed by atoms with Crippen LogP contribution in [0.3, 0.4) is 0 Å². The lowest BCUT2D eigenvalue weighted by Gasteiger charge is -2.11. The molecule has 0 fully saturated rings. The predicted octanol–water partition coefficient (Wildman–Crippen LogP) is 5.71. The molecule has 0 saturated carbocycles. The van der Waals surface area contributed by atoms with E-state index in [9.17, 15) is 9.59 Å². The van der Waals surface area contributed by atoms with Crippen molar-refractivity contribution in [2.24, 2.45) is 0 Å². The molecule has 4 rings (SSSR count). The van der Waals surface area contributed by atoms with Crippen LogP contribution in [-0.4, -0.2) is 31.4 Å². The number of nitrogens with zero attached hydrogens (tertiary/aromatic N) is 4. The number of benzene rings is 1. The highest BCUT2D eigenvalue weighted by Gasteiger charge is 2.22. The van der Waals surface area contributed by atoms with E-state index in [2.05, 4.69) is 15.4 Å². The summed E-state index contributed by atoms with van der Waals surface area (Å²) in [5, 5.41) is 8.40. The van der Waals surface area contributed by atoms with Crippen LogP contribution in [0.1, 0.15) is 72.3 Å². The van der Waals surface area contributed by atoms with Gasteiger partial charge in [-0.3, -0.25) is 14.9 Å². The van der Waals surface area contributed by atoms with Crippen molar-refractivity contribution in [1.29, 1.82) is 0 Å². The first-order valence-corrected chi connectivity index (χ1v) is 11.3. The van der Waals surface area contributed by atoms with Crippen LogP contribution in [0.4, 0.5) is 5.13 Å². The van der Waals surface area contributed by atoms with Gasteiger partial charge in [-0.1, -0.05) is 55.5 Å². The van der Waals surface area contributed by atoms with Crippen molar-refractivity contribution in [2.75, 3.05) is 5.32 Å². The third-order valence-electron chi connectivity index (χ3n) is 5.13. The van der Waals surface area contributed by atoms with Crippen LogP contribution in [0.5, 0.6) is 0 Å². The average molecular weight is 448 g/mol. The molecular formula is C24H25N5O2S. The van der Waals surface area contributed by atoms with E-state index in [0.29, 0.717) is 32.3 Å². The van der Waals surface area contributed by atoms with Crippen molar-refractivity contribution in [1.82, 2.24) is 19.7 Å². The Kier molecular flexibility index (Phi) is 5.88. The van der Waals surface area contributed by atoms with Gasteiger partial charge in [-0.2, -0.15) is 5.10 Å². The van der Waals surface area contributed by atoms with Gasteiger partial charge < -0.3 is 0 Å². The fourth-order valence-corrected chi connectivity index (χ4v) is 4.35. The van der Waals surface area contributed by atoms with Crippen LogP contribution in [0.25, 0.3) is 22.3 Å². The smallest absolute Gasteiger partial charge is 0.258 e. The third-order valence-corrected chi connectivity index (χ3v) is 6.20. The quantitative estimate of drug-likeness (QED) is 0.382. The number of hydrogen-bond donors (Lipinski definition) is 1. The van der Waals surface area contributed by atoms with Gasteiger partial charge in [0.2, 0.25) is 0 Å². The van der Waals surface area contributed by atoms with E-state index in [1.165, 1.54) is 18.3 Å². The van der Waals surface area contributed by atoms with E-state index in [-0.39, 0.29) is 23.7 Å². The van der Waals surface area contributed by atoms with Gasteiger partial charge in [0.1, 0.15) is 0 Å². The number of nitrogens with one attached hydrogen (secondary N) is 1. The molecule has 8 heteroatoms. The van der Waals surface area contributed by atoms with Gasteiger partial charge in [-0.05, 0) is 25.8 Å². The van der Waals surface area contributed by atoms with Crippen LogP contribution in [0.2, 0.25) is 0 Å². The predicted molar refractivity (Wildman–Crippen MR) is 128 cm³/mol. The summed E-state index contributed by atoms with van der Waals surface area (Å²) in [6, 6.07) is 11.4. The minimum Gasteiger partial charge on any atom is -0.298 e. The van der Waals surface area contributed by atoms with Gasteiger partial charge in [0, 0.05) is 24.2 Å². The lowest BCUT2D eigenvalue weighted by Crippen LogP contribution is -2.14. The Labute approximate surface area is 190 Å². The van der Waals surface area contributed by atoms with E-state index < -0.39 is 0 Å². The standard InChI is InChI=1S/C24H25N5O2S/c1-13(2)19-11-17(18-12-25-29(14(3)4)22(18)26-19)23(31)28-24-27-20(21(32-24)15(5)30)16-9-7-6-8-10-16/h6-14H,1-5H3,(H,27,28,31). The van der Waals surface area contributed by atoms with Gasteiger partial charge in [-0.25, -0.2) is 14.6 Å². The second kappa shape index (κ2) is 8.63. The Bertz CT molecular complexity index is 1300. The minimum atomic E-state index is -0.300. The number of fused-ring (bicyclic) bond motifs is 1. The maximum Gasteiger partial charge on any atom is 0.258 e. The van der Waals surface area contributed by atoms with E-state index in [4.69, 9.17) is 4.98 Å². The van der Waals surface area contributed by atoms with Gasteiger partial charge >= 0.3 is 0 Å². The summed E-state index contributed by atoms with van der Waals surface area (Å²) in [5.74, 6) is -0.241. The molecular weight excluding hydrogens is 422 g/mol. The SMILES string of the molecule is CC(=O)c1sc(NC(=O)c2cc(C(C)C)nc3c2cnn3C(C)C)nc1-c1ccccc1. The minimum absolute atomic E-state index is 0.0894. The summed E-state index contributed by atoms with van der Waals surface area (Å²) < 4.78 is 1.82. The zero-order valence-corrected chi connectivity index (χ0v) is 19.5. The summed E-state index contributed by atoms with van der Waals surface area (Å²) in [7, 11) is 0. The molecule has 0 bridgehead atoms. The van der Waals surface area contributed by atoms with E-state index in [1.807, 2.05) is 68.8 Å². The molecule has 32 heavy (non-hydrogen) atoms. The lowest BCUT2D eigenvalue weighted by atomic mass is 10.0. The maximum absolute atomic E-state index is 13.3. The Balaban J connectivity index is 1.76. The fourth-order valence-electron chi connectivity index (χ4n) is 3.47. The van der Waals surface area contributed by atoms with E-state index in [1.54, 1.807) is 6.20 Å². The van der Waals surface area contributed by atoms with Crippen molar-refractivity contribution in [2.45, 2.75) is 46.6 Å². The number of amides is 1. The highest BCUT2D eigenvalue weighted by Crippen LogP contribution is 2.32. The molecule has 1 N–H and O–H groups in total. The third kappa shape index (κ3) is 4.05. The van der Waals surface area contributed by atoms with Crippen molar-refractivity contribution in [3.8, 4) is 11.3 Å². The molecule has 4 aromatic rings. The zero-order valence-electron chi connectivity index (χ0n) is 18.7. The van der Waals surface area contributed by atoms with Gasteiger partial charge in [0.15, 0.2) is 16.6 Å². The maximum atomic E-state index is 13.3. The second-order valence-corrected chi connectivity index (χ2v) is 9.24. The molecule has 0 spiro atoms. The van der Waals surface area contributed by atoms with Crippen LogP contribution in [-0.2, 0) is 0 Å². The number of thiazole rings is 1. The van der Waals surface area contributed by atoms with Gasteiger partial charge in [-0.15, -0.1) is 0 Å². The van der Waals surface area contributed by atoms with E-state index in [0.717, 1.165) is 11.3 Å². The molecule has 0 aliphatic rings. The first kappa shape index (κ1) is 21.8. The van der Waals surface area contributed by atoms with Crippen molar-refractivity contribution in [3.05, 3.63) is 58.7 Å². The number of anilines is 1. The average Bonchev–Trinajstić information content (AvgIpc) is 3.38. The van der Waals surface area contributed by atoms with Crippen LogP contribution >= 0.6 is 11.3 Å². The van der Waals surface area contributed by atoms with Crippen molar-refractivity contribution in [3.63, 3.8) is 0 Å². The van der Waals surface area contributed by atoms with Crippen LogP contribution in [0, 0.1) is 0 Å².